The van der Waals surface area contributed by atoms with Gasteiger partial charge in [0.15, 0.2) is 11.5 Å². The highest BCUT2D eigenvalue weighted by Crippen LogP contribution is 2.32. The number of nitrogens with one attached hydrogen (secondary N) is 1. The topological polar surface area (TPSA) is 105 Å². The maximum atomic E-state index is 12.9. The Labute approximate surface area is 147 Å². The minimum Gasteiger partial charge on any atom is -0.493 e. The summed E-state index contributed by atoms with van der Waals surface area (Å²) in [6, 6.07) is 4.43. The summed E-state index contributed by atoms with van der Waals surface area (Å²) in [6.07, 6.45) is 1.22. The normalized spacial score (nSPS) is 18.6. The number of ether oxygens (including phenoxy) is 2. The number of nitrogens with zero attached hydrogens (tertiary/aromatic N) is 1. The molecule has 1 saturated heterocycles. The van der Waals surface area contributed by atoms with Gasteiger partial charge >= 0.3 is 0 Å². The zero-order chi connectivity index (χ0) is 18.4. The van der Waals surface area contributed by atoms with Crippen molar-refractivity contribution in [2.24, 2.45) is 5.92 Å². The lowest BCUT2D eigenvalue weighted by Crippen LogP contribution is -2.45. The molecule has 8 nitrogen and oxygen atoms in total. The Morgan fingerprint density at radius 1 is 1.32 bits per heavy atom. The molecule has 0 bridgehead atoms. The summed E-state index contributed by atoms with van der Waals surface area (Å²) in [5.74, 6) is 0.121. The van der Waals surface area contributed by atoms with E-state index in [0.29, 0.717) is 30.9 Å². The van der Waals surface area contributed by atoms with Gasteiger partial charge in [-0.3, -0.25) is 4.79 Å². The van der Waals surface area contributed by atoms with Crippen LogP contribution in [-0.2, 0) is 14.8 Å². The van der Waals surface area contributed by atoms with Crippen LogP contribution in [0.3, 0.4) is 0 Å². The van der Waals surface area contributed by atoms with Gasteiger partial charge < -0.3 is 19.9 Å². The number of rotatable bonds is 7. The fourth-order valence-corrected chi connectivity index (χ4v) is 4.36. The Balaban J connectivity index is 2.20. The van der Waals surface area contributed by atoms with Gasteiger partial charge in [-0.1, -0.05) is 0 Å². The number of piperidine rings is 1. The summed E-state index contributed by atoms with van der Waals surface area (Å²) in [4.78, 5) is 12.2. The van der Waals surface area contributed by atoms with Crippen LogP contribution < -0.4 is 14.8 Å². The fourth-order valence-electron chi connectivity index (χ4n) is 2.82. The molecule has 2 rings (SSSR count). The molecule has 140 valence electrons. The van der Waals surface area contributed by atoms with Gasteiger partial charge in [0.1, 0.15) is 0 Å². The van der Waals surface area contributed by atoms with E-state index < -0.39 is 15.9 Å². The van der Waals surface area contributed by atoms with E-state index >= 15 is 0 Å². The monoisotopic (exact) mass is 372 g/mol. The second-order valence-electron chi connectivity index (χ2n) is 5.73. The van der Waals surface area contributed by atoms with Crippen molar-refractivity contribution in [3.63, 3.8) is 0 Å². The third-order valence-electron chi connectivity index (χ3n) is 4.16. The van der Waals surface area contributed by atoms with Crippen molar-refractivity contribution in [2.45, 2.75) is 17.7 Å². The molecule has 2 N–H and O–H groups in total. The summed E-state index contributed by atoms with van der Waals surface area (Å²) in [7, 11) is -0.819. The highest BCUT2D eigenvalue weighted by atomic mass is 32.2. The van der Waals surface area contributed by atoms with Crippen LogP contribution in [0.25, 0.3) is 0 Å². The predicted octanol–water partition coefficient (Wildman–Crippen LogP) is 0.213. The molecular formula is C16H24N2O6S. The van der Waals surface area contributed by atoms with Crippen LogP contribution in [-0.4, -0.2) is 64.2 Å². The fraction of sp³-hybridized carbons (Fsp3) is 0.562. The number of amides is 1. The first-order chi connectivity index (χ1) is 11.9. The maximum absolute atomic E-state index is 12.9. The van der Waals surface area contributed by atoms with E-state index in [-0.39, 0.29) is 30.5 Å². The van der Waals surface area contributed by atoms with Crippen LogP contribution in [0.2, 0.25) is 0 Å². The second kappa shape index (κ2) is 8.50. The Bertz CT molecular complexity index is 707. The molecule has 9 heteroatoms. The molecular weight excluding hydrogens is 348 g/mol. The SMILES string of the molecule is COc1ccc(S(=O)(=O)N2CCC[C@@H](C(=O)NCCO)C2)cc1OC. The minimum atomic E-state index is -3.74. The van der Waals surface area contributed by atoms with Gasteiger partial charge in [0.25, 0.3) is 0 Å². The van der Waals surface area contributed by atoms with Crippen LogP contribution >= 0.6 is 0 Å². The van der Waals surface area contributed by atoms with Crippen LogP contribution in [0, 0.1) is 5.92 Å². The Morgan fingerprint density at radius 2 is 2.04 bits per heavy atom. The van der Waals surface area contributed by atoms with E-state index in [1.165, 1.54) is 30.7 Å². The van der Waals surface area contributed by atoms with Crippen LogP contribution in [0.1, 0.15) is 12.8 Å². The first-order valence-corrected chi connectivity index (χ1v) is 9.48. The highest BCUT2D eigenvalue weighted by molar-refractivity contribution is 7.89. The number of hydrogen-bond donors (Lipinski definition) is 2. The number of sulfonamides is 1. The summed E-state index contributed by atoms with van der Waals surface area (Å²) in [5, 5.41) is 11.4. The molecule has 0 aromatic heterocycles. The number of aliphatic hydroxyl groups excluding tert-OH is 1. The van der Waals surface area contributed by atoms with Gasteiger partial charge in [-0.2, -0.15) is 4.31 Å². The average Bonchev–Trinajstić information content (AvgIpc) is 2.65. The summed E-state index contributed by atoms with van der Waals surface area (Å²) < 4.78 is 37.4. The van der Waals surface area contributed by atoms with Crippen molar-refractivity contribution in [1.82, 2.24) is 9.62 Å². The van der Waals surface area contributed by atoms with Gasteiger partial charge in [-0.25, -0.2) is 8.42 Å². The molecule has 1 aliphatic rings. The third-order valence-corrected chi connectivity index (χ3v) is 6.02. The van der Waals surface area contributed by atoms with Crippen molar-refractivity contribution in [3.05, 3.63) is 18.2 Å². The van der Waals surface area contributed by atoms with Crippen LogP contribution in [0.4, 0.5) is 0 Å². The molecule has 1 fully saturated rings. The lowest BCUT2D eigenvalue weighted by molar-refractivity contribution is -0.126. The van der Waals surface area contributed by atoms with Gasteiger partial charge in [0.05, 0.1) is 31.6 Å². The molecule has 1 amide bonds. The molecule has 1 aliphatic heterocycles. The quantitative estimate of drug-likeness (QED) is 0.709. The number of benzene rings is 1. The van der Waals surface area contributed by atoms with E-state index in [1.807, 2.05) is 0 Å². The van der Waals surface area contributed by atoms with Gasteiger partial charge in [-0.15, -0.1) is 0 Å². The zero-order valence-corrected chi connectivity index (χ0v) is 15.2. The first-order valence-electron chi connectivity index (χ1n) is 8.04. The van der Waals surface area contributed by atoms with Gasteiger partial charge in [-0.05, 0) is 25.0 Å². The average molecular weight is 372 g/mol. The Morgan fingerprint density at radius 3 is 2.68 bits per heavy atom. The smallest absolute Gasteiger partial charge is 0.243 e. The largest absolute Gasteiger partial charge is 0.493 e. The number of hydrogen-bond acceptors (Lipinski definition) is 6. The Kier molecular flexibility index (Phi) is 6.63. The van der Waals surface area contributed by atoms with E-state index in [1.54, 1.807) is 6.07 Å². The summed E-state index contributed by atoms with van der Waals surface area (Å²) in [6.45, 7) is 0.498. The molecule has 0 spiro atoms. The second-order valence-corrected chi connectivity index (χ2v) is 7.67. The zero-order valence-electron chi connectivity index (χ0n) is 14.4. The molecule has 1 aromatic rings. The molecule has 0 aliphatic carbocycles. The molecule has 0 radical (unpaired) electrons. The molecule has 0 unspecified atom stereocenters. The standard InChI is InChI=1S/C16H24N2O6S/c1-23-14-6-5-13(10-15(14)24-2)25(21,22)18-8-3-4-12(11-18)16(20)17-7-9-19/h5-6,10,12,19H,3-4,7-9,11H2,1-2H3,(H,17,20)/t12-/m1/s1. The van der Waals surface area contributed by atoms with Gasteiger partial charge in [0.2, 0.25) is 15.9 Å². The third kappa shape index (κ3) is 4.42. The van der Waals surface area contributed by atoms with E-state index in [4.69, 9.17) is 14.6 Å². The van der Waals surface area contributed by atoms with E-state index in [9.17, 15) is 13.2 Å². The number of carbonyl (C=O) groups excluding carboxylic acids is 1. The summed E-state index contributed by atoms with van der Waals surface area (Å²) >= 11 is 0. The molecule has 1 aromatic carbocycles. The van der Waals surface area contributed by atoms with Crippen LogP contribution in [0.5, 0.6) is 11.5 Å². The highest BCUT2D eigenvalue weighted by Gasteiger charge is 2.33. The van der Waals surface area contributed by atoms with Crippen molar-refractivity contribution < 1.29 is 27.8 Å². The maximum Gasteiger partial charge on any atom is 0.243 e. The minimum absolute atomic E-state index is 0.0987. The van der Waals surface area contributed by atoms with Crippen LogP contribution in [0.15, 0.2) is 23.1 Å². The number of carbonyl (C=O) groups is 1. The van der Waals surface area contributed by atoms with Gasteiger partial charge in [0, 0.05) is 25.7 Å². The Hall–Kier alpha value is -1.84. The number of methoxy groups -OCH3 is 2. The first kappa shape index (κ1) is 19.5. The predicted molar refractivity (Wildman–Crippen MR) is 91.1 cm³/mol. The molecule has 1 heterocycles. The lowest BCUT2D eigenvalue weighted by atomic mass is 9.99. The van der Waals surface area contributed by atoms with E-state index in [2.05, 4.69) is 5.32 Å². The molecule has 0 saturated carbocycles. The van der Waals surface area contributed by atoms with Crippen molar-refractivity contribution in [2.75, 3.05) is 40.5 Å². The number of aliphatic hydroxyl groups is 1. The van der Waals surface area contributed by atoms with E-state index in [0.717, 1.165) is 0 Å². The molecule has 1 atom stereocenters. The van der Waals surface area contributed by atoms with Crippen molar-refractivity contribution >= 4 is 15.9 Å². The van der Waals surface area contributed by atoms with Crippen molar-refractivity contribution in [3.8, 4) is 11.5 Å². The molecule has 25 heavy (non-hydrogen) atoms. The summed E-state index contributed by atoms with van der Waals surface area (Å²) in [5.41, 5.74) is 0. The van der Waals surface area contributed by atoms with Crippen molar-refractivity contribution in [1.29, 1.82) is 0 Å². The lowest BCUT2D eigenvalue weighted by Gasteiger charge is -2.31.